The molecule has 0 radical (unpaired) electrons. The van der Waals surface area contributed by atoms with E-state index in [1.165, 1.54) is 0 Å². The molecule has 2 aromatic carbocycles. The Kier molecular flexibility index (Phi) is 4.18. The van der Waals surface area contributed by atoms with Gasteiger partial charge in [0.1, 0.15) is 0 Å². The van der Waals surface area contributed by atoms with Crippen LogP contribution in [0.15, 0.2) is 48.5 Å². The molecule has 0 N–H and O–H groups in total. The van der Waals surface area contributed by atoms with Crippen LogP contribution in [0.1, 0.15) is 15.9 Å². The summed E-state index contributed by atoms with van der Waals surface area (Å²) in [6, 6.07) is 14.7. The van der Waals surface area contributed by atoms with E-state index < -0.39 is 0 Å². The van der Waals surface area contributed by atoms with Gasteiger partial charge in [-0.1, -0.05) is 36.4 Å². The fourth-order valence-electron chi connectivity index (χ4n) is 1.74. The van der Waals surface area contributed by atoms with Crippen molar-refractivity contribution in [1.82, 2.24) is 0 Å². The van der Waals surface area contributed by atoms with E-state index in [9.17, 15) is 4.79 Å². The average Bonchev–Trinajstić information content (AvgIpc) is 2.46. The van der Waals surface area contributed by atoms with E-state index in [0.29, 0.717) is 17.1 Å². The first kappa shape index (κ1) is 13.1. The number of ether oxygens (including phenoxy) is 2. The van der Waals surface area contributed by atoms with E-state index >= 15 is 0 Å². The SMILES string of the molecule is COc1cc(C)ccc1OCC(=O)c1ccccc1. The van der Waals surface area contributed by atoms with Crippen molar-refractivity contribution in [3.8, 4) is 11.5 Å². The van der Waals surface area contributed by atoms with Gasteiger partial charge in [-0.3, -0.25) is 4.79 Å². The maximum Gasteiger partial charge on any atom is 0.200 e. The molecular formula is C16H16O3. The lowest BCUT2D eigenvalue weighted by Gasteiger charge is -2.10. The molecule has 0 fully saturated rings. The summed E-state index contributed by atoms with van der Waals surface area (Å²) >= 11 is 0. The molecule has 0 saturated carbocycles. The van der Waals surface area contributed by atoms with E-state index in [4.69, 9.17) is 9.47 Å². The number of hydrogen-bond acceptors (Lipinski definition) is 3. The van der Waals surface area contributed by atoms with Gasteiger partial charge in [-0.2, -0.15) is 0 Å². The van der Waals surface area contributed by atoms with Crippen LogP contribution in [0.25, 0.3) is 0 Å². The minimum absolute atomic E-state index is 0.00341. The summed E-state index contributed by atoms with van der Waals surface area (Å²) in [4.78, 5) is 11.9. The highest BCUT2D eigenvalue weighted by Crippen LogP contribution is 2.27. The van der Waals surface area contributed by atoms with E-state index in [0.717, 1.165) is 5.56 Å². The first-order valence-electron chi connectivity index (χ1n) is 6.06. The van der Waals surface area contributed by atoms with Gasteiger partial charge in [0.05, 0.1) is 7.11 Å². The second-order valence-corrected chi connectivity index (χ2v) is 4.23. The summed E-state index contributed by atoms with van der Waals surface area (Å²) in [7, 11) is 1.58. The molecule has 0 aromatic heterocycles. The maximum atomic E-state index is 11.9. The second-order valence-electron chi connectivity index (χ2n) is 4.23. The summed E-state index contributed by atoms with van der Waals surface area (Å²) in [6.45, 7) is 1.98. The minimum atomic E-state index is -0.0526. The highest BCUT2D eigenvalue weighted by Gasteiger charge is 2.09. The Balaban J connectivity index is 2.05. The van der Waals surface area contributed by atoms with Gasteiger partial charge >= 0.3 is 0 Å². The van der Waals surface area contributed by atoms with Gasteiger partial charge in [0.2, 0.25) is 0 Å². The molecule has 0 saturated heterocycles. The van der Waals surface area contributed by atoms with Crippen LogP contribution in [0, 0.1) is 6.92 Å². The van der Waals surface area contributed by atoms with E-state index in [1.807, 2.05) is 43.3 Å². The second kappa shape index (κ2) is 6.05. The van der Waals surface area contributed by atoms with Crippen LogP contribution in [-0.2, 0) is 0 Å². The van der Waals surface area contributed by atoms with Crippen LogP contribution in [-0.4, -0.2) is 19.5 Å². The van der Waals surface area contributed by atoms with Gasteiger partial charge in [-0.15, -0.1) is 0 Å². The summed E-state index contributed by atoms with van der Waals surface area (Å²) in [5.41, 5.74) is 1.73. The van der Waals surface area contributed by atoms with Gasteiger partial charge in [-0.05, 0) is 24.6 Å². The number of Topliss-reactive ketones (excluding diaryl/α,β-unsaturated/α-hetero) is 1. The normalized spacial score (nSPS) is 10.0. The zero-order valence-electron chi connectivity index (χ0n) is 11.1. The Labute approximate surface area is 112 Å². The Morgan fingerprint density at radius 2 is 1.79 bits per heavy atom. The lowest BCUT2D eigenvalue weighted by Crippen LogP contribution is -2.11. The third-order valence-corrected chi connectivity index (χ3v) is 2.77. The topological polar surface area (TPSA) is 35.5 Å². The van der Waals surface area contributed by atoms with Gasteiger partial charge < -0.3 is 9.47 Å². The summed E-state index contributed by atoms with van der Waals surface area (Å²) in [5.74, 6) is 1.17. The van der Waals surface area contributed by atoms with Crippen molar-refractivity contribution in [2.24, 2.45) is 0 Å². The highest BCUT2D eigenvalue weighted by atomic mass is 16.5. The molecule has 0 atom stereocenters. The largest absolute Gasteiger partial charge is 0.493 e. The van der Waals surface area contributed by atoms with Crippen LogP contribution in [0.2, 0.25) is 0 Å². The van der Waals surface area contributed by atoms with Crippen LogP contribution in [0.3, 0.4) is 0 Å². The van der Waals surface area contributed by atoms with Crippen LogP contribution < -0.4 is 9.47 Å². The molecule has 0 amide bonds. The average molecular weight is 256 g/mol. The van der Waals surface area contributed by atoms with Crippen molar-refractivity contribution in [1.29, 1.82) is 0 Å². The van der Waals surface area contributed by atoms with Crippen molar-refractivity contribution >= 4 is 5.78 Å². The Hall–Kier alpha value is -2.29. The Morgan fingerprint density at radius 1 is 1.05 bits per heavy atom. The Morgan fingerprint density at radius 3 is 2.47 bits per heavy atom. The number of rotatable bonds is 5. The number of hydrogen-bond donors (Lipinski definition) is 0. The third-order valence-electron chi connectivity index (χ3n) is 2.77. The predicted molar refractivity (Wildman–Crippen MR) is 74.0 cm³/mol. The highest BCUT2D eigenvalue weighted by molar-refractivity contribution is 5.97. The Bertz CT molecular complexity index is 561. The van der Waals surface area contributed by atoms with Crippen molar-refractivity contribution in [2.45, 2.75) is 6.92 Å². The van der Waals surface area contributed by atoms with Crippen LogP contribution >= 0.6 is 0 Å². The molecule has 0 heterocycles. The fourth-order valence-corrected chi connectivity index (χ4v) is 1.74. The van der Waals surface area contributed by atoms with E-state index in [1.54, 1.807) is 19.2 Å². The minimum Gasteiger partial charge on any atom is -0.493 e. The van der Waals surface area contributed by atoms with Crippen molar-refractivity contribution in [2.75, 3.05) is 13.7 Å². The summed E-state index contributed by atoms with van der Waals surface area (Å²) in [5, 5.41) is 0. The van der Waals surface area contributed by atoms with Crippen molar-refractivity contribution in [3.05, 3.63) is 59.7 Å². The van der Waals surface area contributed by atoms with Crippen LogP contribution in [0.4, 0.5) is 0 Å². The fraction of sp³-hybridized carbons (Fsp3) is 0.188. The summed E-state index contributed by atoms with van der Waals surface area (Å²) in [6.07, 6.45) is 0. The molecule has 3 heteroatoms. The van der Waals surface area contributed by atoms with Crippen molar-refractivity contribution in [3.63, 3.8) is 0 Å². The molecule has 19 heavy (non-hydrogen) atoms. The molecule has 3 nitrogen and oxygen atoms in total. The number of carbonyl (C=O) groups is 1. The maximum absolute atomic E-state index is 11.9. The zero-order valence-corrected chi connectivity index (χ0v) is 11.1. The predicted octanol–water partition coefficient (Wildman–Crippen LogP) is 3.27. The first-order chi connectivity index (χ1) is 9.20. The number of benzene rings is 2. The monoisotopic (exact) mass is 256 g/mol. The zero-order chi connectivity index (χ0) is 13.7. The quantitative estimate of drug-likeness (QED) is 0.770. The van der Waals surface area contributed by atoms with E-state index in [2.05, 4.69) is 0 Å². The van der Waals surface area contributed by atoms with Gasteiger partial charge in [-0.25, -0.2) is 0 Å². The molecule has 98 valence electrons. The third kappa shape index (κ3) is 3.35. The molecule has 2 aromatic rings. The lowest BCUT2D eigenvalue weighted by molar-refractivity contribution is 0.0919. The van der Waals surface area contributed by atoms with Gasteiger partial charge in [0, 0.05) is 5.56 Å². The molecule has 0 aliphatic rings. The molecule has 0 bridgehead atoms. The summed E-state index contributed by atoms with van der Waals surface area (Å²) < 4.78 is 10.8. The van der Waals surface area contributed by atoms with Crippen LogP contribution in [0.5, 0.6) is 11.5 Å². The van der Waals surface area contributed by atoms with Crippen molar-refractivity contribution < 1.29 is 14.3 Å². The van der Waals surface area contributed by atoms with E-state index in [-0.39, 0.29) is 12.4 Å². The number of carbonyl (C=O) groups excluding carboxylic acids is 1. The number of ketones is 1. The molecule has 0 unspecified atom stereocenters. The molecule has 0 aliphatic carbocycles. The first-order valence-corrected chi connectivity index (χ1v) is 6.06. The van der Waals surface area contributed by atoms with Gasteiger partial charge in [0.25, 0.3) is 0 Å². The molecule has 2 rings (SSSR count). The molecular weight excluding hydrogens is 240 g/mol. The standard InChI is InChI=1S/C16H16O3/c1-12-8-9-15(16(10-12)18-2)19-11-14(17)13-6-4-3-5-7-13/h3-10H,11H2,1-2H3. The lowest BCUT2D eigenvalue weighted by atomic mass is 10.1. The molecule has 0 spiro atoms. The van der Waals surface area contributed by atoms with Gasteiger partial charge in [0.15, 0.2) is 23.9 Å². The smallest absolute Gasteiger partial charge is 0.200 e. The number of methoxy groups -OCH3 is 1. The number of aryl methyl sites for hydroxylation is 1. The molecule has 0 aliphatic heterocycles.